The topological polar surface area (TPSA) is 69.1 Å². The molecular formula is C18H26N2O2. The first-order valence-corrected chi connectivity index (χ1v) is 7.57. The van der Waals surface area contributed by atoms with Gasteiger partial charge in [0.15, 0.2) is 0 Å². The zero-order valence-corrected chi connectivity index (χ0v) is 14.2. The standard InChI is InChI=1S/C18H26N2O2/c1-17(2,3)12-9-11(15(21)14-7-8-19-20-14)10-13(16(12)22)18(4,5)6/h7-10,15,21-22H,1-6H3,(H,19,20). The summed E-state index contributed by atoms with van der Waals surface area (Å²) in [5.41, 5.74) is 2.66. The zero-order chi connectivity index (χ0) is 16.7. The number of aliphatic hydroxyl groups is 1. The molecule has 1 unspecified atom stereocenters. The van der Waals surface area contributed by atoms with E-state index < -0.39 is 6.10 Å². The fraction of sp³-hybridized carbons (Fsp3) is 0.500. The third-order valence-electron chi connectivity index (χ3n) is 3.88. The first-order chi connectivity index (χ1) is 10.0. The summed E-state index contributed by atoms with van der Waals surface area (Å²) in [7, 11) is 0. The molecule has 0 saturated carbocycles. The number of benzene rings is 1. The molecule has 0 saturated heterocycles. The molecule has 0 radical (unpaired) electrons. The maximum atomic E-state index is 10.7. The van der Waals surface area contributed by atoms with Crippen LogP contribution >= 0.6 is 0 Å². The predicted octanol–water partition coefficient (Wildman–Crippen LogP) is 3.79. The Morgan fingerprint density at radius 2 is 1.50 bits per heavy atom. The lowest BCUT2D eigenvalue weighted by Crippen LogP contribution is -2.18. The molecule has 1 aromatic heterocycles. The third kappa shape index (κ3) is 3.17. The maximum absolute atomic E-state index is 10.7. The van der Waals surface area contributed by atoms with Crippen molar-refractivity contribution in [3.05, 3.63) is 46.8 Å². The molecule has 4 nitrogen and oxygen atoms in total. The van der Waals surface area contributed by atoms with Gasteiger partial charge in [-0.05, 0) is 45.7 Å². The molecule has 1 atom stereocenters. The van der Waals surface area contributed by atoms with E-state index in [0.717, 1.165) is 16.7 Å². The molecule has 3 N–H and O–H groups in total. The normalized spacial score (nSPS) is 14.1. The van der Waals surface area contributed by atoms with Crippen molar-refractivity contribution in [2.45, 2.75) is 58.5 Å². The van der Waals surface area contributed by atoms with E-state index >= 15 is 0 Å². The van der Waals surface area contributed by atoms with Gasteiger partial charge in [-0.1, -0.05) is 41.5 Å². The molecule has 0 bridgehead atoms. The number of nitrogens with one attached hydrogen (secondary N) is 1. The molecule has 0 fully saturated rings. The average Bonchev–Trinajstić information content (AvgIpc) is 2.89. The lowest BCUT2D eigenvalue weighted by Gasteiger charge is -2.29. The van der Waals surface area contributed by atoms with Gasteiger partial charge in [0, 0.05) is 6.20 Å². The number of hydrogen-bond acceptors (Lipinski definition) is 3. The molecule has 2 aromatic rings. The smallest absolute Gasteiger partial charge is 0.123 e. The van der Waals surface area contributed by atoms with Crippen LogP contribution in [0.4, 0.5) is 0 Å². The van der Waals surface area contributed by atoms with E-state index in [1.807, 2.05) is 12.1 Å². The molecule has 0 aliphatic rings. The van der Waals surface area contributed by atoms with Crippen LogP contribution in [0.15, 0.2) is 24.4 Å². The molecule has 0 spiro atoms. The zero-order valence-electron chi connectivity index (χ0n) is 14.2. The highest BCUT2D eigenvalue weighted by molar-refractivity contribution is 5.51. The van der Waals surface area contributed by atoms with Gasteiger partial charge in [0.1, 0.15) is 11.9 Å². The predicted molar refractivity (Wildman–Crippen MR) is 88.2 cm³/mol. The summed E-state index contributed by atoms with van der Waals surface area (Å²) in [6.07, 6.45) is 0.833. The lowest BCUT2D eigenvalue weighted by molar-refractivity contribution is 0.214. The maximum Gasteiger partial charge on any atom is 0.123 e. The quantitative estimate of drug-likeness (QED) is 0.790. The molecule has 4 heteroatoms. The summed E-state index contributed by atoms with van der Waals surface area (Å²) in [5, 5.41) is 28.0. The van der Waals surface area contributed by atoms with E-state index in [4.69, 9.17) is 0 Å². The van der Waals surface area contributed by atoms with Crippen molar-refractivity contribution in [1.29, 1.82) is 0 Å². The largest absolute Gasteiger partial charge is 0.507 e. The van der Waals surface area contributed by atoms with Crippen molar-refractivity contribution in [2.24, 2.45) is 0 Å². The van der Waals surface area contributed by atoms with Gasteiger partial charge in [-0.15, -0.1) is 0 Å². The molecule has 120 valence electrons. The van der Waals surface area contributed by atoms with E-state index in [9.17, 15) is 10.2 Å². The van der Waals surface area contributed by atoms with Crippen LogP contribution in [0.25, 0.3) is 0 Å². The second-order valence-electron chi connectivity index (χ2n) is 7.88. The average molecular weight is 302 g/mol. The Morgan fingerprint density at radius 1 is 1.00 bits per heavy atom. The van der Waals surface area contributed by atoms with Crippen molar-refractivity contribution in [1.82, 2.24) is 10.2 Å². The van der Waals surface area contributed by atoms with Crippen LogP contribution in [0.1, 0.15) is 70.0 Å². The lowest BCUT2D eigenvalue weighted by atomic mass is 9.78. The highest BCUT2D eigenvalue weighted by atomic mass is 16.3. The van der Waals surface area contributed by atoms with E-state index in [-0.39, 0.29) is 10.8 Å². The molecule has 1 aromatic carbocycles. The van der Waals surface area contributed by atoms with Gasteiger partial charge in [0.2, 0.25) is 0 Å². The Morgan fingerprint density at radius 3 is 1.86 bits per heavy atom. The number of aromatic amines is 1. The summed E-state index contributed by atoms with van der Waals surface area (Å²) in [6.45, 7) is 12.3. The van der Waals surface area contributed by atoms with Crippen LogP contribution in [-0.2, 0) is 10.8 Å². The summed E-state index contributed by atoms with van der Waals surface area (Å²) < 4.78 is 0. The highest BCUT2D eigenvalue weighted by Crippen LogP contribution is 2.41. The Kier molecular flexibility index (Phi) is 4.09. The number of aliphatic hydroxyl groups excluding tert-OH is 1. The summed E-state index contributed by atoms with van der Waals surface area (Å²) in [6, 6.07) is 5.53. The van der Waals surface area contributed by atoms with Crippen molar-refractivity contribution < 1.29 is 10.2 Å². The fourth-order valence-electron chi connectivity index (χ4n) is 2.56. The number of rotatable bonds is 2. The summed E-state index contributed by atoms with van der Waals surface area (Å²) in [5.74, 6) is 0.320. The van der Waals surface area contributed by atoms with E-state index in [2.05, 4.69) is 51.7 Å². The van der Waals surface area contributed by atoms with Gasteiger partial charge in [0.25, 0.3) is 0 Å². The molecule has 22 heavy (non-hydrogen) atoms. The van der Waals surface area contributed by atoms with Gasteiger partial charge in [-0.3, -0.25) is 5.10 Å². The minimum atomic E-state index is -0.787. The Hall–Kier alpha value is -1.81. The van der Waals surface area contributed by atoms with Crippen molar-refractivity contribution in [3.8, 4) is 5.75 Å². The minimum Gasteiger partial charge on any atom is -0.507 e. The molecule has 0 aliphatic heterocycles. The molecule has 0 amide bonds. The second-order valence-corrected chi connectivity index (χ2v) is 7.88. The SMILES string of the molecule is CC(C)(C)c1cc(C(O)c2ccn[nH]2)cc(C(C)(C)C)c1O. The van der Waals surface area contributed by atoms with Crippen molar-refractivity contribution in [3.63, 3.8) is 0 Å². The van der Waals surface area contributed by atoms with Crippen LogP contribution in [-0.4, -0.2) is 20.4 Å². The van der Waals surface area contributed by atoms with Gasteiger partial charge in [-0.2, -0.15) is 5.10 Å². The first-order valence-electron chi connectivity index (χ1n) is 7.57. The van der Waals surface area contributed by atoms with Crippen LogP contribution in [0.3, 0.4) is 0 Å². The Labute approximate surface area is 132 Å². The Bertz CT molecular complexity index is 612. The van der Waals surface area contributed by atoms with Crippen molar-refractivity contribution >= 4 is 0 Å². The van der Waals surface area contributed by atoms with Crippen LogP contribution in [0.5, 0.6) is 5.75 Å². The summed E-state index contributed by atoms with van der Waals surface area (Å²) in [4.78, 5) is 0. The summed E-state index contributed by atoms with van der Waals surface area (Å²) >= 11 is 0. The minimum absolute atomic E-state index is 0.214. The number of phenolic OH excluding ortho intramolecular Hbond substituents is 1. The monoisotopic (exact) mass is 302 g/mol. The van der Waals surface area contributed by atoms with E-state index in [1.54, 1.807) is 12.3 Å². The highest BCUT2D eigenvalue weighted by Gasteiger charge is 2.28. The number of aromatic hydroxyl groups is 1. The van der Waals surface area contributed by atoms with Crippen LogP contribution in [0.2, 0.25) is 0 Å². The van der Waals surface area contributed by atoms with Crippen molar-refractivity contribution in [2.75, 3.05) is 0 Å². The first kappa shape index (κ1) is 16.6. The fourth-order valence-corrected chi connectivity index (χ4v) is 2.56. The number of H-pyrrole nitrogens is 1. The molecular weight excluding hydrogens is 276 g/mol. The van der Waals surface area contributed by atoms with E-state index in [1.165, 1.54) is 0 Å². The Balaban J connectivity index is 2.65. The number of hydrogen-bond donors (Lipinski definition) is 3. The van der Waals surface area contributed by atoms with Gasteiger partial charge in [0.05, 0.1) is 5.69 Å². The van der Waals surface area contributed by atoms with Crippen LogP contribution < -0.4 is 0 Å². The number of aromatic nitrogens is 2. The molecule has 0 aliphatic carbocycles. The van der Waals surface area contributed by atoms with Gasteiger partial charge in [-0.25, -0.2) is 0 Å². The molecule has 2 rings (SSSR count). The third-order valence-corrected chi connectivity index (χ3v) is 3.88. The second kappa shape index (κ2) is 5.43. The van der Waals surface area contributed by atoms with Gasteiger partial charge < -0.3 is 10.2 Å². The van der Waals surface area contributed by atoms with Gasteiger partial charge >= 0.3 is 0 Å². The van der Waals surface area contributed by atoms with E-state index in [0.29, 0.717) is 11.4 Å². The number of phenols is 1. The van der Waals surface area contributed by atoms with Crippen LogP contribution in [0, 0.1) is 0 Å². The number of nitrogens with zero attached hydrogens (tertiary/aromatic N) is 1. The molecule has 1 heterocycles.